The summed E-state index contributed by atoms with van der Waals surface area (Å²) in [7, 11) is 0. The molecule has 18 heavy (non-hydrogen) atoms. The Morgan fingerprint density at radius 1 is 1.17 bits per heavy atom. The summed E-state index contributed by atoms with van der Waals surface area (Å²) >= 11 is 4.97. The van der Waals surface area contributed by atoms with Gasteiger partial charge in [0.05, 0.1) is 0 Å². The largest absolute Gasteiger partial charge is 0.389 e. The molecule has 3 rings (SSSR count). The lowest BCUT2D eigenvalue weighted by molar-refractivity contribution is 0.303. The van der Waals surface area contributed by atoms with E-state index in [2.05, 4.69) is 17.0 Å². The van der Waals surface area contributed by atoms with Gasteiger partial charge in [-0.1, -0.05) is 42.9 Å². The van der Waals surface area contributed by atoms with Crippen molar-refractivity contribution in [1.82, 2.24) is 4.90 Å². The van der Waals surface area contributed by atoms with Crippen LogP contribution in [-0.4, -0.2) is 23.0 Å². The Labute approximate surface area is 114 Å². The molecule has 96 valence electrons. The predicted octanol–water partition coefficient (Wildman–Crippen LogP) is 2.55. The van der Waals surface area contributed by atoms with Gasteiger partial charge in [-0.25, -0.2) is 0 Å². The molecule has 2 N–H and O–H groups in total. The first kappa shape index (κ1) is 12.1. The van der Waals surface area contributed by atoms with Crippen molar-refractivity contribution in [2.75, 3.05) is 13.1 Å². The number of nitrogens with two attached hydrogens (primary N) is 1. The van der Waals surface area contributed by atoms with E-state index in [1.54, 1.807) is 0 Å². The smallest absolute Gasteiger partial charge is 0.103 e. The molecule has 1 aliphatic carbocycles. The molecule has 2 nitrogen and oxygen atoms in total. The van der Waals surface area contributed by atoms with Gasteiger partial charge < -0.3 is 5.73 Å². The van der Waals surface area contributed by atoms with E-state index in [0.717, 1.165) is 23.9 Å². The summed E-state index contributed by atoms with van der Waals surface area (Å²) in [5.41, 5.74) is 7.95. The van der Waals surface area contributed by atoms with Gasteiger partial charge in [0.25, 0.3) is 0 Å². The van der Waals surface area contributed by atoms with Crippen molar-refractivity contribution >= 4 is 17.2 Å². The summed E-state index contributed by atoms with van der Waals surface area (Å²) in [6, 6.07) is 8.38. The van der Waals surface area contributed by atoms with E-state index in [4.69, 9.17) is 18.0 Å². The van der Waals surface area contributed by atoms with Crippen LogP contribution in [0, 0.1) is 11.8 Å². The number of fused-ring (bicyclic) bond motifs is 1. The molecule has 2 aliphatic rings. The van der Waals surface area contributed by atoms with Crippen LogP contribution in [0.1, 0.15) is 30.4 Å². The summed E-state index contributed by atoms with van der Waals surface area (Å²) in [5.74, 6) is 1.95. The van der Waals surface area contributed by atoms with Crippen molar-refractivity contribution in [3.63, 3.8) is 0 Å². The maximum Gasteiger partial charge on any atom is 0.103 e. The van der Waals surface area contributed by atoms with Gasteiger partial charge in [-0.3, -0.25) is 4.90 Å². The van der Waals surface area contributed by atoms with Crippen LogP contribution in [0.15, 0.2) is 24.3 Å². The molecule has 1 aromatic carbocycles. The number of thiocarbonyl (C=S) groups is 1. The highest BCUT2D eigenvalue weighted by atomic mass is 32.1. The van der Waals surface area contributed by atoms with E-state index in [1.165, 1.54) is 37.9 Å². The normalized spacial score (nSPS) is 27.3. The number of rotatable bonds is 3. The Hall–Kier alpha value is -0.930. The number of nitrogens with zero attached hydrogens (tertiary/aromatic N) is 1. The fourth-order valence-corrected chi connectivity index (χ4v) is 3.63. The molecule has 1 heterocycles. The van der Waals surface area contributed by atoms with Crippen LogP contribution < -0.4 is 5.73 Å². The van der Waals surface area contributed by atoms with Gasteiger partial charge in [-0.05, 0) is 30.2 Å². The van der Waals surface area contributed by atoms with E-state index in [9.17, 15) is 0 Å². The Morgan fingerprint density at radius 3 is 2.33 bits per heavy atom. The monoisotopic (exact) mass is 260 g/mol. The van der Waals surface area contributed by atoms with Crippen molar-refractivity contribution in [3.05, 3.63) is 35.4 Å². The quantitative estimate of drug-likeness (QED) is 0.847. The van der Waals surface area contributed by atoms with Crippen molar-refractivity contribution < 1.29 is 0 Å². The van der Waals surface area contributed by atoms with Gasteiger partial charge >= 0.3 is 0 Å². The minimum Gasteiger partial charge on any atom is -0.389 e. The molecule has 2 unspecified atom stereocenters. The van der Waals surface area contributed by atoms with Gasteiger partial charge in [-0.2, -0.15) is 0 Å². The van der Waals surface area contributed by atoms with Crippen LogP contribution >= 0.6 is 12.2 Å². The minimum absolute atomic E-state index is 0.484. The molecule has 0 bridgehead atoms. The summed E-state index contributed by atoms with van der Waals surface area (Å²) in [5, 5.41) is 0. The van der Waals surface area contributed by atoms with Crippen molar-refractivity contribution in [1.29, 1.82) is 0 Å². The molecule has 0 radical (unpaired) electrons. The van der Waals surface area contributed by atoms with Crippen molar-refractivity contribution in [2.24, 2.45) is 17.6 Å². The molecule has 1 aliphatic heterocycles. The summed E-state index contributed by atoms with van der Waals surface area (Å²) in [6.45, 7) is 3.66. The Bertz CT molecular complexity index is 428. The summed E-state index contributed by atoms with van der Waals surface area (Å²) in [4.78, 5) is 3.09. The average molecular weight is 260 g/mol. The van der Waals surface area contributed by atoms with Crippen LogP contribution in [-0.2, 0) is 6.54 Å². The molecule has 1 saturated carbocycles. The number of hydrogen-bond acceptors (Lipinski definition) is 2. The fourth-order valence-electron chi connectivity index (χ4n) is 3.49. The van der Waals surface area contributed by atoms with Crippen LogP contribution in [0.2, 0.25) is 0 Å². The first-order valence-corrected chi connectivity index (χ1v) is 7.24. The summed E-state index contributed by atoms with van der Waals surface area (Å²) in [6.07, 6.45) is 4.34. The average Bonchev–Trinajstić information content (AvgIpc) is 2.90. The molecule has 2 fully saturated rings. The van der Waals surface area contributed by atoms with Gasteiger partial charge in [-0.15, -0.1) is 0 Å². The number of likely N-dealkylation sites (tertiary alicyclic amines) is 1. The zero-order chi connectivity index (χ0) is 12.5. The Balaban J connectivity index is 1.61. The summed E-state index contributed by atoms with van der Waals surface area (Å²) < 4.78 is 0. The van der Waals surface area contributed by atoms with Gasteiger partial charge in [0.1, 0.15) is 4.99 Å². The highest BCUT2D eigenvalue weighted by molar-refractivity contribution is 7.80. The Kier molecular flexibility index (Phi) is 3.35. The van der Waals surface area contributed by atoms with Crippen LogP contribution in [0.3, 0.4) is 0 Å². The van der Waals surface area contributed by atoms with E-state index < -0.39 is 0 Å². The highest BCUT2D eigenvalue weighted by Crippen LogP contribution is 2.38. The van der Waals surface area contributed by atoms with E-state index in [-0.39, 0.29) is 0 Å². The van der Waals surface area contributed by atoms with Crippen molar-refractivity contribution in [3.8, 4) is 0 Å². The molecule has 0 amide bonds. The zero-order valence-corrected chi connectivity index (χ0v) is 11.5. The van der Waals surface area contributed by atoms with Gasteiger partial charge in [0.15, 0.2) is 0 Å². The third kappa shape index (κ3) is 2.43. The molecule has 2 atom stereocenters. The van der Waals surface area contributed by atoms with E-state index >= 15 is 0 Å². The van der Waals surface area contributed by atoms with Crippen LogP contribution in [0.25, 0.3) is 0 Å². The Morgan fingerprint density at radius 2 is 1.78 bits per heavy atom. The third-order valence-electron chi connectivity index (χ3n) is 4.45. The zero-order valence-electron chi connectivity index (χ0n) is 10.6. The van der Waals surface area contributed by atoms with Crippen molar-refractivity contribution in [2.45, 2.75) is 25.8 Å². The first-order valence-electron chi connectivity index (χ1n) is 6.83. The third-order valence-corrected chi connectivity index (χ3v) is 4.68. The van der Waals surface area contributed by atoms with Crippen LogP contribution in [0.5, 0.6) is 0 Å². The lowest BCUT2D eigenvalue weighted by atomic mass is 10.0. The molecule has 1 saturated heterocycles. The maximum atomic E-state index is 5.61. The second-order valence-electron chi connectivity index (χ2n) is 5.71. The number of benzene rings is 1. The predicted molar refractivity (Wildman–Crippen MR) is 78.4 cm³/mol. The molecule has 1 aromatic rings. The van der Waals surface area contributed by atoms with Gasteiger partial charge in [0, 0.05) is 25.2 Å². The van der Waals surface area contributed by atoms with Gasteiger partial charge in [0.2, 0.25) is 0 Å². The second-order valence-corrected chi connectivity index (χ2v) is 6.15. The molecule has 0 spiro atoms. The number of hydrogen-bond donors (Lipinski definition) is 1. The highest BCUT2D eigenvalue weighted by Gasteiger charge is 2.35. The SMILES string of the molecule is NC(=S)c1ccc(CN2CC3CCCC3C2)cc1. The van der Waals surface area contributed by atoms with Crippen LogP contribution in [0.4, 0.5) is 0 Å². The topological polar surface area (TPSA) is 29.3 Å². The minimum atomic E-state index is 0.484. The van der Waals surface area contributed by atoms with E-state index in [0.29, 0.717) is 4.99 Å². The molecular weight excluding hydrogens is 240 g/mol. The fraction of sp³-hybridized carbons (Fsp3) is 0.533. The molecule has 0 aromatic heterocycles. The molecule has 3 heteroatoms. The standard InChI is InChI=1S/C15H20N2S/c16-15(18)12-6-4-11(5-7-12)8-17-9-13-2-1-3-14(13)10-17/h4-7,13-14H,1-3,8-10H2,(H2,16,18). The molecular formula is C15H20N2S. The first-order chi connectivity index (χ1) is 8.72. The second kappa shape index (κ2) is 4.98. The lowest BCUT2D eigenvalue weighted by Crippen LogP contribution is -2.21. The maximum absolute atomic E-state index is 5.61. The lowest BCUT2D eigenvalue weighted by Gasteiger charge is -2.16. The van der Waals surface area contributed by atoms with E-state index in [1.807, 2.05) is 12.1 Å².